The van der Waals surface area contributed by atoms with Crippen LogP contribution >= 0.6 is 0 Å². The zero-order chi connectivity index (χ0) is 13.5. The van der Waals surface area contributed by atoms with Crippen molar-refractivity contribution in [3.8, 4) is 5.75 Å². The summed E-state index contributed by atoms with van der Waals surface area (Å²) in [5.41, 5.74) is 3.29. The summed E-state index contributed by atoms with van der Waals surface area (Å²) in [5, 5.41) is 3.62. The summed E-state index contributed by atoms with van der Waals surface area (Å²) in [6.07, 6.45) is 0. The fraction of sp³-hybridized carbons (Fsp3) is 0.294. The van der Waals surface area contributed by atoms with Crippen LogP contribution in [0.25, 0.3) is 0 Å². The predicted octanol–water partition coefficient (Wildman–Crippen LogP) is 4.32. The maximum atomic E-state index is 6.18. The van der Waals surface area contributed by atoms with Crippen LogP contribution in [0.15, 0.2) is 48.5 Å². The quantitative estimate of drug-likeness (QED) is 0.817. The number of hydrogen-bond donors (Lipinski definition) is 1. The van der Waals surface area contributed by atoms with Gasteiger partial charge in [0, 0.05) is 0 Å². The molecule has 3 rings (SSSR count). The standard InChI is InChI=1S/C17H19NO/c1-12-9-10-15-14(11-12)18-16(17(2,3)19-15)13-7-5-4-6-8-13/h4-11,16,18H,1-3H3. The number of anilines is 1. The third-order valence-electron chi connectivity index (χ3n) is 3.64. The van der Waals surface area contributed by atoms with Crippen molar-refractivity contribution in [1.82, 2.24) is 0 Å². The molecule has 2 nitrogen and oxygen atoms in total. The molecule has 1 heterocycles. The maximum absolute atomic E-state index is 6.18. The number of hydrogen-bond acceptors (Lipinski definition) is 2. The molecule has 2 aromatic rings. The van der Waals surface area contributed by atoms with Gasteiger partial charge >= 0.3 is 0 Å². The van der Waals surface area contributed by atoms with Crippen LogP contribution in [0.2, 0.25) is 0 Å². The summed E-state index contributed by atoms with van der Waals surface area (Å²) >= 11 is 0. The molecule has 1 aliphatic heterocycles. The molecule has 19 heavy (non-hydrogen) atoms. The Bertz CT molecular complexity index is 589. The highest BCUT2D eigenvalue weighted by Gasteiger charge is 2.37. The molecule has 0 fully saturated rings. The average Bonchev–Trinajstić information content (AvgIpc) is 2.39. The van der Waals surface area contributed by atoms with Crippen molar-refractivity contribution in [3.05, 3.63) is 59.7 Å². The van der Waals surface area contributed by atoms with Crippen molar-refractivity contribution in [2.24, 2.45) is 0 Å². The molecule has 0 saturated heterocycles. The van der Waals surface area contributed by atoms with E-state index in [9.17, 15) is 0 Å². The van der Waals surface area contributed by atoms with Crippen LogP contribution in [0, 0.1) is 6.92 Å². The van der Waals surface area contributed by atoms with Gasteiger partial charge in [0.2, 0.25) is 0 Å². The van der Waals surface area contributed by atoms with E-state index < -0.39 is 0 Å². The average molecular weight is 253 g/mol. The van der Waals surface area contributed by atoms with E-state index in [0.29, 0.717) is 0 Å². The lowest BCUT2D eigenvalue weighted by Gasteiger charge is -2.41. The topological polar surface area (TPSA) is 21.3 Å². The lowest BCUT2D eigenvalue weighted by molar-refractivity contribution is 0.0781. The number of rotatable bonds is 1. The van der Waals surface area contributed by atoms with Crippen LogP contribution < -0.4 is 10.1 Å². The van der Waals surface area contributed by atoms with Crippen molar-refractivity contribution < 1.29 is 4.74 Å². The summed E-state index contributed by atoms with van der Waals surface area (Å²) in [5.74, 6) is 0.933. The van der Waals surface area contributed by atoms with E-state index in [1.54, 1.807) is 0 Å². The SMILES string of the molecule is Cc1ccc2c(c1)NC(c1ccccc1)C(C)(C)O2. The van der Waals surface area contributed by atoms with Crippen LogP contribution in [0.3, 0.4) is 0 Å². The fourth-order valence-corrected chi connectivity index (χ4v) is 2.65. The van der Waals surface area contributed by atoms with E-state index >= 15 is 0 Å². The van der Waals surface area contributed by atoms with E-state index in [1.807, 2.05) is 12.1 Å². The molecule has 2 heteroatoms. The van der Waals surface area contributed by atoms with E-state index in [2.05, 4.69) is 62.5 Å². The Labute approximate surface area is 114 Å². The molecule has 1 unspecified atom stereocenters. The van der Waals surface area contributed by atoms with Crippen LogP contribution in [-0.4, -0.2) is 5.60 Å². The van der Waals surface area contributed by atoms with Crippen LogP contribution in [0.1, 0.15) is 31.0 Å². The molecule has 1 aliphatic rings. The van der Waals surface area contributed by atoms with E-state index in [1.165, 1.54) is 11.1 Å². The normalized spacial score (nSPS) is 20.1. The van der Waals surface area contributed by atoms with Gasteiger partial charge in [-0.3, -0.25) is 0 Å². The van der Waals surface area contributed by atoms with Crippen molar-refractivity contribution in [3.63, 3.8) is 0 Å². The smallest absolute Gasteiger partial charge is 0.143 e. The highest BCUT2D eigenvalue weighted by molar-refractivity contribution is 5.61. The molecule has 0 aliphatic carbocycles. The molecular formula is C17H19NO. The zero-order valence-electron chi connectivity index (χ0n) is 11.6. The van der Waals surface area contributed by atoms with Gasteiger partial charge in [-0.25, -0.2) is 0 Å². The first-order chi connectivity index (χ1) is 9.06. The summed E-state index contributed by atoms with van der Waals surface area (Å²) in [6.45, 7) is 6.35. The molecular weight excluding hydrogens is 234 g/mol. The number of ether oxygens (including phenoxy) is 1. The Kier molecular flexibility index (Phi) is 2.74. The number of nitrogens with one attached hydrogen (secondary N) is 1. The second-order valence-electron chi connectivity index (χ2n) is 5.69. The van der Waals surface area contributed by atoms with E-state index in [-0.39, 0.29) is 11.6 Å². The highest BCUT2D eigenvalue weighted by atomic mass is 16.5. The largest absolute Gasteiger partial charge is 0.483 e. The van der Waals surface area contributed by atoms with Gasteiger partial charge < -0.3 is 10.1 Å². The molecule has 0 bridgehead atoms. The Hall–Kier alpha value is -1.96. The van der Waals surface area contributed by atoms with Gasteiger partial charge in [0.1, 0.15) is 11.4 Å². The first kappa shape index (κ1) is 12.1. The van der Waals surface area contributed by atoms with Crippen molar-refractivity contribution in [2.75, 3.05) is 5.32 Å². The van der Waals surface area contributed by atoms with Crippen molar-refractivity contribution in [1.29, 1.82) is 0 Å². The summed E-state index contributed by atoms with van der Waals surface area (Å²) in [4.78, 5) is 0. The first-order valence-corrected chi connectivity index (χ1v) is 6.67. The van der Waals surface area contributed by atoms with Gasteiger partial charge in [-0.2, -0.15) is 0 Å². The summed E-state index contributed by atoms with van der Waals surface area (Å²) < 4.78 is 6.18. The van der Waals surface area contributed by atoms with Crippen molar-refractivity contribution >= 4 is 5.69 Å². The molecule has 0 amide bonds. The van der Waals surface area contributed by atoms with Gasteiger partial charge in [0.05, 0.1) is 11.7 Å². The Morgan fingerprint density at radius 2 is 1.79 bits per heavy atom. The second-order valence-corrected chi connectivity index (χ2v) is 5.69. The third kappa shape index (κ3) is 2.19. The van der Waals surface area contributed by atoms with E-state index in [0.717, 1.165) is 11.4 Å². The fourth-order valence-electron chi connectivity index (χ4n) is 2.65. The molecule has 0 spiro atoms. The van der Waals surface area contributed by atoms with Crippen LogP contribution in [-0.2, 0) is 0 Å². The van der Waals surface area contributed by atoms with Gasteiger partial charge in [-0.05, 0) is 44.0 Å². The highest BCUT2D eigenvalue weighted by Crippen LogP contribution is 2.42. The summed E-state index contributed by atoms with van der Waals surface area (Å²) in [6, 6.07) is 16.9. The molecule has 2 aromatic carbocycles. The van der Waals surface area contributed by atoms with Gasteiger partial charge in [-0.1, -0.05) is 36.4 Å². The van der Waals surface area contributed by atoms with Crippen LogP contribution in [0.4, 0.5) is 5.69 Å². The number of aryl methyl sites for hydroxylation is 1. The molecule has 0 radical (unpaired) electrons. The molecule has 1 N–H and O–H groups in total. The monoisotopic (exact) mass is 253 g/mol. The van der Waals surface area contributed by atoms with E-state index in [4.69, 9.17) is 4.74 Å². The maximum Gasteiger partial charge on any atom is 0.143 e. The van der Waals surface area contributed by atoms with Gasteiger partial charge in [0.15, 0.2) is 0 Å². The summed E-state index contributed by atoms with van der Waals surface area (Å²) in [7, 11) is 0. The molecule has 0 aromatic heterocycles. The predicted molar refractivity (Wildman–Crippen MR) is 78.7 cm³/mol. The third-order valence-corrected chi connectivity index (χ3v) is 3.64. The second kappa shape index (κ2) is 4.30. The molecule has 1 atom stereocenters. The first-order valence-electron chi connectivity index (χ1n) is 6.67. The lowest BCUT2D eigenvalue weighted by Crippen LogP contribution is -2.43. The Morgan fingerprint density at radius 3 is 2.53 bits per heavy atom. The number of benzene rings is 2. The lowest BCUT2D eigenvalue weighted by atomic mass is 9.89. The minimum absolute atomic E-state index is 0.156. The zero-order valence-corrected chi connectivity index (χ0v) is 11.6. The molecule has 0 saturated carbocycles. The van der Waals surface area contributed by atoms with Crippen molar-refractivity contribution in [2.45, 2.75) is 32.4 Å². The number of fused-ring (bicyclic) bond motifs is 1. The Balaban J connectivity index is 2.03. The van der Waals surface area contributed by atoms with Gasteiger partial charge in [0.25, 0.3) is 0 Å². The minimum Gasteiger partial charge on any atom is -0.483 e. The molecule has 98 valence electrons. The Morgan fingerprint density at radius 1 is 1.05 bits per heavy atom. The minimum atomic E-state index is -0.274. The van der Waals surface area contributed by atoms with Crippen LogP contribution in [0.5, 0.6) is 5.75 Å². The van der Waals surface area contributed by atoms with Gasteiger partial charge in [-0.15, -0.1) is 0 Å².